The SMILES string of the molecule is Cc1ccc2nc(NC(=O)[C@@H](NS(=O)(=O)c3ccc4c(c3)oc(=O)n4C)C(C)C)sc2c1. The highest BCUT2D eigenvalue weighted by Crippen LogP contribution is 2.27. The van der Waals surface area contributed by atoms with Gasteiger partial charge in [-0.3, -0.25) is 9.36 Å². The number of amides is 1. The first-order chi connectivity index (χ1) is 15.0. The van der Waals surface area contributed by atoms with Crippen molar-refractivity contribution >= 4 is 53.7 Å². The smallest absolute Gasteiger partial charge is 0.408 e. The minimum Gasteiger partial charge on any atom is -0.408 e. The first-order valence-corrected chi connectivity index (χ1v) is 12.1. The third kappa shape index (κ3) is 4.18. The molecule has 0 aliphatic rings. The number of carbonyl (C=O) groups excluding carboxylic acids is 1. The van der Waals surface area contributed by atoms with Crippen molar-refractivity contribution < 1.29 is 17.6 Å². The van der Waals surface area contributed by atoms with Gasteiger partial charge in [0.2, 0.25) is 15.9 Å². The Morgan fingerprint density at radius 2 is 1.94 bits per heavy atom. The van der Waals surface area contributed by atoms with E-state index < -0.39 is 27.7 Å². The highest BCUT2D eigenvalue weighted by atomic mass is 32.2. The molecule has 4 rings (SSSR count). The van der Waals surface area contributed by atoms with E-state index in [-0.39, 0.29) is 16.4 Å². The number of thiazole rings is 1. The summed E-state index contributed by atoms with van der Waals surface area (Å²) >= 11 is 1.32. The van der Waals surface area contributed by atoms with Gasteiger partial charge in [0, 0.05) is 13.1 Å². The van der Waals surface area contributed by atoms with Gasteiger partial charge in [-0.25, -0.2) is 18.2 Å². The molecule has 32 heavy (non-hydrogen) atoms. The van der Waals surface area contributed by atoms with Crippen molar-refractivity contribution in [2.45, 2.75) is 31.7 Å². The Kier molecular flexibility index (Phi) is 5.65. The van der Waals surface area contributed by atoms with Crippen LogP contribution in [-0.2, 0) is 21.9 Å². The third-order valence-electron chi connectivity index (χ3n) is 5.08. The number of benzene rings is 2. The monoisotopic (exact) mass is 474 g/mol. The maximum absolute atomic E-state index is 13.0. The molecule has 2 heterocycles. The molecule has 9 nitrogen and oxygen atoms in total. The van der Waals surface area contributed by atoms with Gasteiger partial charge in [0.15, 0.2) is 10.7 Å². The second kappa shape index (κ2) is 8.15. The Bertz CT molecular complexity index is 1500. The average Bonchev–Trinajstić information content (AvgIpc) is 3.24. The van der Waals surface area contributed by atoms with Crippen molar-refractivity contribution in [3.63, 3.8) is 0 Å². The molecule has 0 saturated heterocycles. The van der Waals surface area contributed by atoms with Gasteiger partial charge >= 0.3 is 5.76 Å². The summed E-state index contributed by atoms with van der Waals surface area (Å²) < 4.78 is 35.7. The number of aryl methyl sites for hydroxylation is 2. The van der Waals surface area contributed by atoms with E-state index in [4.69, 9.17) is 4.42 Å². The fourth-order valence-electron chi connectivity index (χ4n) is 3.28. The van der Waals surface area contributed by atoms with Gasteiger partial charge in [-0.05, 0) is 42.7 Å². The number of carbonyl (C=O) groups is 1. The van der Waals surface area contributed by atoms with Crippen LogP contribution in [0, 0.1) is 12.8 Å². The summed E-state index contributed by atoms with van der Waals surface area (Å²) in [4.78, 5) is 28.9. The van der Waals surface area contributed by atoms with E-state index in [0.29, 0.717) is 10.6 Å². The molecule has 11 heteroatoms. The second-order valence-electron chi connectivity index (χ2n) is 7.88. The Balaban J connectivity index is 1.58. The summed E-state index contributed by atoms with van der Waals surface area (Å²) in [6.07, 6.45) is 0. The molecule has 2 aromatic carbocycles. The number of nitrogens with zero attached hydrogens (tertiary/aromatic N) is 2. The van der Waals surface area contributed by atoms with E-state index in [1.165, 1.54) is 41.2 Å². The molecule has 168 valence electrons. The molecule has 2 aromatic heterocycles. The number of anilines is 1. The molecule has 2 N–H and O–H groups in total. The molecule has 0 unspecified atom stereocenters. The minimum absolute atomic E-state index is 0.103. The maximum Gasteiger partial charge on any atom is 0.419 e. The summed E-state index contributed by atoms with van der Waals surface area (Å²) in [7, 11) is -2.54. The minimum atomic E-state index is -4.07. The topological polar surface area (TPSA) is 123 Å². The first kappa shape index (κ1) is 22.2. The molecule has 0 fully saturated rings. The van der Waals surface area contributed by atoms with E-state index in [2.05, 4.69) is 15.0 Å². The molecule has 1 amide bonds. The van der Waals surface area contributed by atoms with E-state index in [0.717, 1.165) is 15.8 Å². The zero-order valence-corrected chi connectivity index (χ0v) is 19.5. The predicted octanol–water partition coefficient (Wildman–Crippen LogP) is 2.99. The second-order valence-corrected chi connectivity index (χ2v) is 10.6. The summed E-state index contributed by atoms with van der Waals surface area (Å²) in [6, 6.07) is 8.87. The lowest BCUT2D eigenvalue weighted by Gasteiger charge is -2.21. The van der Waals surface area contributed by atoms with E-state index >= 15 is 0 Å². The number of hydrogen-bond donors (Lipinski definition) is 2. The van der Waals surface area contributed by atoms with Crippen LogP contribution in [0.15, 0.2) is 50.5 Å². The average molecular weight is 475 g/mol. The Labute approximate surface area is 188 Å². The molecule has 0 spiro atoms. The predicted molar refractivity (Wildman–Crippen MR) is 123 cm³/mol. The van der Waals surface area contributed by atoms with Crippen LogP contribution < -0.4 is 15.8 Å². The normalized spacial score (nSPS) is 13.2. The van der Waals surface area contributed by atoms with Gasteiger partial charge in [-0.1, -0.05) is 31.3 Å². The Morgan fingerprint density at radius 1 is 1.19 bits per heavy atom. The van der Waals surface area contributed by atoms with Crippen LogP contribution in [0.5, 0.6) is 0 Å². The fraction of sp³-hybridized carbons (Fsp3) is 0.286. The Hall–Kier alpha value is -3.02. The molecule has 4 aromatic rings. The number of rotatable bonds is 6. The Morgan fingerprint density at radius 3 is 2.66 bits per heavy atom. The van der Waals surface area contributed by atoms with Crippen molar-refractivity contribution in [1.29, 1.82) is 0 Å². The van der Waals surface area contributed by atoms with Gasteiger partial charge in [-0.15, -0.1) is 0 Å². The standard InChI is InChI=1S/C21H22N4O5S2/c1-11(2)18(19(26)23-20-22-14-7-5-12(3)9-17(14)31-20)24-32(28,29)13-6-8-15-16(10-13)30-21(27)25(15)4/h5-11,18,24H,1-4H3,(H,22,23,26)/t18-/m0/s1. The van der Waals surface area contributed by atoms with Gasteiger partial charge in [-0.2, -0.15) is 4.72 Å². The van der Waals surface area contributed by atoms with Crippen LogP contribution in [0.2, 0.25) is 0 Å². The van der Waals surface area contributed by atoms with Crippen LogP contribution in [-0.4, -0.2) is 29.9 Å². The van der Waals surface area contributed by atoms with Crippen molar-refractivity contribution in [1.82, 2.24) is 14.3 Å². The molecule has 0 radical (unpaired) electrons. The summed E-state index contributed by atoms with van der Waals surface area (Å²) in [5.74, 6) is -1.43. The van der Waals surface area contributed by atoms with Crippen molar-refractivity contribution in [3.8, 4) is 0 Å². The maximum atomic E-state index is 13.0. The summed E-state index contributed by atoms with van der Waals surface area (Å²) in [6.45, 7) is 5.46. The zero-order chi connectivity index (χ0) is 23.2. The largest absolute Gasteiger partial charge is 0.419 e. The molecule has 1 atom stereocenters. The molecule has 0 aliphatic carbocycles. The third-order valence-corrected chi connectivity index (χ3v) is 7.45. The van der Waals surface area contributed by atoms with E-state index in [1.54, 1.807) is 13.8 Å². The van der Waals surface area contributed by atoms with Crippen molar-refractivity contribution in [2.24, 2.45) is 13.0 Å². The highest BCUT2D eigenvalue weighted by Gasteiger charge is 2.29. The van der Waals surface area contributed by atoms with Gasteiger partial charge < -0.3 is 9.73 Å². The molecular weight excluding hydrogens is 452 g/mol. The number of aromatic nitrogens is 2. The van der Waals surface area contributed by atoms with E-state index in [9.17, 15) is 18.0 Å². The van der Waals surface area contributed by atoms with Gasteiger partial charge in [0.1, 0.15) is 6.04 Å². The van der Waals surface area contributed by atoms with E-state index in [1.807, 2.05) is 25.1 Å². The number of hydrogen-bond acceptors (Lipinski definition) is 7. The first-order valence-electron chi connectivity index (χ1n) is 9.85. The molecule has 0 aliphatic heterocycles. The van der Waals surface area contributed by atoms with Crippen LogP contribution in [0.3, 0.4) is 0 Å². The van der Waals surface area contributed by atoms with Crippen LogP contribution in [0.1, 0.15) is 19.4 Å². The number of fused-ring (bicyclic) bond motifs is 2. The molecule has 0 bridgehead atoms. The van der Waals surface area contributed by atoms with Crippen LogP contribution >= 0.6 is 11.3 Å². The molecular formula is C21H22N4O5S2. The summed E-state index contributed by atoms with van der Waals surface area (Å²) in [5.41, 5.74) is 2.46. The lowest BCUT2D eigenvalue weighted by molar-refractivity contribution is -0.118. The fourth-order valence-corrected chi connectivity index (χ4v) is 5.60. The van der Waals surface area contributed by atoms with Crippen molar-refractivity contribution in [3.05, 3.63) is 52.5 Å². The lowest BCUT2D eigenvalue weighted by Crippen LogP contribution is -2.47. The lowest BCUT2D eigenvalue weighted by atomic mass is 10.1. The van der Waals surface area contributed by atoms with Gasteiger partial charge in [0.25, 0.3) is 0 Å². The van der Waals surface area contributed by atoms with Crippen molar-refractivity contribution in [2.75, 3.05) is 5.32 Å². The molecule has 0 saturated carbocycles. The number of nitrogens with one attached hydrogen (secondary N) is 2. The summed E-state index contributed by atoms with van der Waals surface area (Å²) in [5, 5.41) is 3.12. The quantitative estimate of drug-likeness (QED) is 0.443. The zero-order valence-electron chi connectivity index (χ0n) is 17.9. The van der Waals surface area contributed by atoms with Crippen LogP contribution in [0.4, 0.5) is 5.13 Å². The van der Waals surface area contributed by atoms with Gasteiger partial charge in [0.05, 0.1) is 20.6 Å². The number of oxazole rings is 1. The number of sulfonamides is 1. The highest BCUT2D eigenvalue weighted by molar-refractivity contribution is 7.89. The van der Waals surface area contributed by atoms with Crippen LogP contribution in [0.25, 0.3) is 21.3 Å².